The lowest BCUT2D eigenvalue weighted by Gasteiger charge is -2.18. The zero-order valence-electron chi connectivity index (χ0n) is 46.1. The van der Waals surface area contributed by atoms with Crippen molar-refractivity contribution < 1.29 is 28.6 Å². The fourth-order valence-corrected chi connectivity index (χ4v) is 8.81. The van der Waals surface area contributed by atoms with Crippen molar-refractivity contribution in [3.8, 4) is 0 Å². The number of allylic oxidation sites excluding steroid dienone is 8. The van der Waals surface area contributed by atoms with Crippen LogP contribution in [-0.4, -0.2) is 37.2 Å². The van der Waals surface area contributed by atoms with Gasteiger partial charge in [0.05, 0.1) is 0 Å². The van der Waals surface area contributed by atoms with E-state index < -0.39 is 6.10 Å². The van der Waals surface area contributed by atoms with Gasteiger partial charge in [-0.3, -0.25) is 14.4 Å². The second-order valence-corrected chi connectivity index (χ2v) is 20.2. The van der Waals surface area contributed by atoms with Crippen LogP contribution in [0.5, 0.6) is 0 Å². The van der Waals surface area contributed by atoms with E-state index in [9.17, 15) is 14.4 Å². The lowest BCUT2D eigenvalue weighted by atomic mass is 10.0. The highest BCUT2D eigenvalue weighted by Gasteiger charge is 2.19. The molecule has 0 fully saturated rings. The van der Waals surface area contributed by atoms with E-state index in [1.807, 2.05) is 0 Å². The summed E-state index contributed by atoms with van der Waals surface area (Å²) in [5.41, 5.74) is 0. The summed E-state index contributed by atoms with van der Waals surface area (Å²) >= 11 is 0. The maximum Gasteiger partial charge on any atom is 0.306 e. The molecule has 6 nitrogen and oxygen atoms in total. The molecule has 0 radical (unpaired) electrons. The Morgan fingerprint density at radius 3 is 0.899 bits per heavy atom. The summed E-state index contributed by atoms with van der Waals surface area (Å²) in [7, 11) is 0. The van der Waals surface area contributed by atoms with Gasteiger partial charge in [-0.25, -0.2) is 0 Å². The quantitative estimate of drug-likeness (QED) is 0.0262. The van der Waals surface area contributed by atoms with Crippen molar-refractivity contribution in [2.75, 3.05) is 13.2 Å². The van der Waals surface area contributed by atoms with Gasteiger partial charge in [0.2, 0.25) is 0 Å². The number of carbonyl (C=O) groups excluding carboxylic acids is 3. The van der Waals surface area contributed by atoms with E-state index in [-0.39, 0.29) is 31.1 Å². The summed E-state index contributed by atoms with van der Waals surface area (Å²) in [6, 6.07) is 0. The molecule has 0 bridgehead atoms. The van der Waals surface area contributed by atoms with Gasteiger partial charge in [0, 0.05) is 19.3 Å². The molecule has 6 heteroatoms. The molecule has 0 rings (SSSR count). The minimum absolute atomic E-state index is 0.0786. The smallest absolute Gasteiger partial charge is 0.306 e. The fraction of sp³-hybridized carbons (Fsp3) is 0.825. The van der Waals surface area contributed by atoms with Crippen molar-refractivity contribution in [3.63, 3.8) is 0 Å². The van der Waals surface area contributed by atoms with Gasteiger partial charge in [-0.15, -0.1) is 0 Å². The predicted molar refractivity (Wildman–Crippen MR) is 298 cm³/mol. The minimum atomic E-state index is -0.780. The molecule has 0 N–H and O–H groups in total. The highest BCUT2D eigenvalue weighted by Crippen LogP contribution is 2.17. The second kappa shape index (κ2) is 57.9. The van der Waals surface area contributed by atoms with Crippen LogP contribution in [-0.2, 0) is 28.6 Å². The first-order valence-corrected chi connectivity index (χ1v) is 30.1. The number of esters is 3. The number of hydrogen-bond donors (Lipinski definition) is 0. The van der Waals surface area contributed by atoms with E-state index in [0.717, 1.165) is 89.9 Å². The molecule has 0 aromatic heterocycles. The van der Waals surface area contributed by atoms with Crippen LogP contribution < -0.4 is 0 Å². The average Bonchev–Trinajstić information content (AvgIpc) is 3.35. The first-order chi connectivity index (χ1) is 34.0. The summed E-state index contributed by atoms with van der Waals surface area (Å²) in [4.78, 5) is 38.2. The van der Waals surface area contributed by atoms with Crippen LogP contribution in [0.2, 0.25) is 0 Å². The molecule has 0 aliphatic rings. The number of carbonyl (C=O) groups is 3. The third-order valence-electron chi connectivity index (χ3n) is 13.3. The van der Waals surface area contributed by atoms with Gasteiger partial charge >= 0.3 is 17.9 Å². The Hall–Kier alpha value is -2.63. The van der Waals surface area contributed by atoms with Gasteiger partial charge in [0.25, 0.3) is 0 Å². The molecule has 0 heterocycles. The van der Waals surface area contributed by atoms with Crippen LogP contribution in [0.25, 0.3) is 0 Å². The molecule has 0 aliphatic heterocycles. The lowest BCUT2D eigenvalue weighted by Crippen LogP contribution is -2.30. The molecule has 0 spiro atoms. The van der Waals surface area contributed by atoms with Gasteiger partial charge in [-0.2, -0.15) is 0 Å². The third-order valence-corrected chi connectivity index (χ3v) is 13.3. The maximum atomic E-state index is 12.9. The summed E-state index contributed by atoms with van der Waals surface area (Å²) in [5.74, 6) is -0.881. The van der Waals surface area contributed by atoms with Crippen LogP contribution in [0, 0.1) is 0 Å². The SMILES string of the molecule is CC/C=C\C/C=C\C/C=C\CCCCCCCCC(=O)OCC(COC(=O)CCCCCCC/C=C\CCCCCCCCCCC)OC(=O)CCCCCCCCCCCCCCCCCCC. The third kappa shape index (κ3) is 56.2. The highest BCUT2D eigenvalue weighted by atomic mass is 16.6. The molecule has 1 atom stereocenters. The number of ether oxygens (including phenoxy) is 3. The van der Waals surface area contributed by atoms with E-state index >= 15 is 0 Å². The van der Waals surface area contributed by atoms with Crippen LogP contribution in [0.3, 0.4) is 0 Å². The molecule has 0 aromatic carbocycles. The first-order valence-electron chi connectivity index (χ1n) is 30.1. The molecule has 402 valence electrons. The summed E-state index contributed by atoms with van der Waals surface area (Å²) < 4.78 is 16.9. The Morgan fingerprint density at radius 1 is 0.304 bits per heavy atom. The standard InChI is InChI=1S/C63H114O6/c1-4-7-10-13-16-19-22-25-28-31-33-35-38-41-44-47-50-53-56-62(65)68-59-60(58-67-61(64)55-52-49-46-43-40-37-34-30-27-24-21-18-15-12-9-6-3)69-63(66)57-54-51-48-45-42-39-36-32-29-26-23-20-17-14-11-8-5-2/h9,12,18,21,27,30,33,35,60H,4-8,10-11,13-17,19-20,22-26,28-29,31-32,34,36-59H2,1-3H3/b12-9-,21-18-,30-27-,35-33-. The highest BCUT2D eigenvalue weighted by molar-refractivity contribution is 5.71. The van der Waals surface area contributed by atoms with E-state index in [1.54, 1.807) is 0 Å². The molecular weight excluding hydrogens is 853 g/mol. The maximum absolute atomic E-state index is 12.9. The molecule has 0 amide bonds. The van der Waals surface area contributed by atoms with Crippen molar-refractivity contribution in [1.82, 2.24) is 0 Å². The van der Waals surface area contributed by atoms with Crippen molar-refractivity contribution in [1.29, 1.82) is 0 Å². The van der Waals surface area contributed by atoms with Crippen LogP contribution in [0.1, 0.15) is 316 Å². The van der Waals surface area contributed by atoms with E-state index in [2.05, 4.69) is 69.4 Å². The second-order valence-electron chi connectivity index (χ2n) is 20.2. The first kappa shape index (κ1) is 66.4. The van der Waals surface area contributed by atoms with Crippen molar-refractivity contribution >= 4 is 17.9 Å². The van der Waals surface area contributed by atoms with Crippen molar-refractivity contribution in [2.45, 2.75) is 322 Å². The van der Waals surface area contributed by atoms with E-state index in [1.165, 1.54) is 186 Å². The van der Waals surface area contributed by atoms with Gasteiger partial charge in [0.15, 0.2) is 6.10 Å². The van der Waals surface area contributed by atoms with Crippen LogP contribution in [0.15, 0.2) is 48.6 Å². The number of unbranched alkanes of at least 4 members (excludes halogenated alkanes) is 36. The topological polar surface area (TPSA) is 78.9 Å². The van der Waals surface area contributed by atoms with Gasteiger partial charge in [0.1, 0.15) is 13.2 Å². The van der Waals surface area contributed by atoms with Crippen LogP contribution >= 0.6 is 0 Å². The minimum Gasteiger partial charge on any atom is -0.462 e. The molecule has 1 unspecified atom stereocenters. The normalized spacial score (nSPS) is 12.3. The Morgan fingerprint density at radius 2 is 0.565 bits per heavy atom. The molecule has 0 aliphatic carbocycles. The average molecular weight is 968 g/mol. The zero-order chi connectivity index (χ0) is 50.0. The molecule has 69 heavy (non-hydrogen) atoms. The van der Waals surface area contributed by atoms with Crippen LogP contribution in [0.4, 0.5) is 0 Å². The van der Waals surface area contributed by atoms with Crippen molar-refractivity contribution in [2.24, 2.45) is 0 Å². The number of hydrogen-bond acceptors (Lipinski definition) is 6. The van der Waals surface area contributed by atoms with E-state index in [4.69, 9.17) is 14.2 Å². The molecule has 0 aromatic rings. The summed E-state index contributed by atoms with van der Waals surface area (Å²) in [5, 5.41) is 0. The largest absolute Gasteiger partial charge is 0.462 e. The Balaban J connectivity index is 4.37. The van der Waals surface area contributed by atoms with Crippen molar-refractivity contribution in [3.05, 3.63) is 48.6 Å². The van der Waals surface area contributed by atoms with E-state index in [0.29, 0.717) is 19.3 Å². The Bertz CT molecular complexity index is 1200. The zero-order valence-corrected chi connectivity index (χ0v) is 46.1. The predicted octanol–water partition coefficient (Wildman–Crippen LogP) is 20.2. The lowest BCUT2D eigenvalue weighted by molar-refractivity contribution is -0.167. The Kier molecular flexibility index (Phi) is 55.7. The summed E-state index contributed by atoms with van der Waals surface area (Å²) in [6.07, 6.45) is 71.0. The molecular formula is C63H114O6. The molecule has 0 saturated carbocycles. The van der Waals surface area contributed by atoms with Gasteiger partial charge < -0.3 is 14.2 Å². The van der Waals surface area contributed by atoms with Gasteiger partial charge in [-0.1, -0.05) is 268 Å². The monoisotopic (exact) mass is 967 g/mol. The summed E-state index contributed by atoms with van der Waals surface area (Å²) in [6.45, 7) is 6.56. The fourth-order valence-electron chi connectivity index (χ4n) is 8.81. The van der Waals surface area contributed by atoms with Gasteiger partial charge in [-0.05, 0) is 77.0 Å². The molecule has 0 saturated heterocycles. The Labute approximate surface area is 428 Å². The number of rotatable bonds is 55.